The number of rotatable bonds is 6. The number of carbonyl (C=O) groups excluding carboxylic acids is 2. The smallest absolute Gasteiger partial charge is 0.339 e. The van der Waals surface area contributed by atoms with Crippen molar-refractivity contribution in [3.8, 4) is 5.75 Å². The number of nitrogens with one attached hydrogen (secondary N) is 1. The van der Waals surface area contributed by atoms with Crippen molar-refractivity contribution in [1.82, 2.24) is 4.98 Å². The molecule has 5 aromatic rings. The number of nitrogens with zero attached hydrogens (tertiary/aromatic N) is 1. The van der Waals surface area contributed by atoms with E-state index in [2.05, 4.69) is 11.4 Å². The van der Waals surface area contributed by atoms with Crippen molar-refractivity contribution in [3.05, 3.63) is 113 Å². The largest absolute Gasteiger partial charge is 0.497 e. The summed E-state index contributed by atoms with van der Waals surface area (Å²) in [5, 5.41) is 5.56. The first-order chi connectivity index (χ1) is 19.6. The van der Waals surface area contributed by atoms with Crippen molar-refractivity contribution < 1.29 is 19.1 Å². The molecule has 1 heterocycles. The molecule has 1 aliphatic carbocycles. The highest BCUT2D eigenvalue weighted by atomic mass is 16.5. The van der Waals surface area contributed by atoms with Gasteiger partial charge in [0.15, 0.2) is 6.61 Å². The number of carbonyl (C=O) groups is 2. The Morgan fingerprint density at radius 1 is 0.875 bits per heavy atom. The molecule has 198 valence electrons. The van der Waals surface area contributed by atoms with Gasteiger partial charge in [0, 0.05) is 16.5 Å². The lowest BCUT2D eigenvalue weighted by molar-refractivity contribution is -0.119. The quantitative estimate of drug-likeness (QED) is 0.239. The van der Waals surface area contributed by atoms with E-state index >= 15 is 0 Å². The van der Waals surface area contributed by atoms with Crippen molar-refractivity contribution in [2.75, 3.05) is 19.0 Å². The molecular weight excluding hydrogens is 500 g/mol. The Morgan fingerprint density at radius 3 is 2.45 bits per heavy atom. The molecule has 0 bridgehead atoms. The van der Waals surface area contributed by atoms with Crippen LogP contribution in [0.4, 0.5) is 5.69 Å². The Morgan fingerprint density at radius 2 is 1.62 bits per heavy atom. The highest BCUT2D eigenvalue weighted by Crippen LogP contribution is 2.36. The van der Waals surface area contributed by atoms with E-state index in [0.717, 1.165) is 62.7 Å². The summed E-state index contributed by atoms with van der Waals surface area (Å²) < 4.78 is 10.9. The van der Waals surface area contributed by atoms with Crippen LogP contribution in [0, 0.1) is 0 Å². The minimum absolute atomic E-state index is 0.387. The average molecular weight is 529 g/mol. The number of para-hydroxylation sites is 1. The fourth-order valence-corrected chi connectivity index (χ4v) is 5.33. The zero-order valence-corrected chi connectivity index (χ0v) is 22.1. The van der Waals surface area contributed by atoms with Crippen molar-refractivity contribution in [3.63, 3.8) is 0 Å². The van der Waals surface area contributed by atoms with Crippen LogP contribution in [-0.2, 0) is 16.0 Å². The number of hydrogen-bond donors (Lipinski definition) is 1. The maximum absolute atomic E-state index is 13.6. The fraction of sp³-hybridized carbons (Fsp3) is 0.147. The lowest BCUT2D eigenvalue weighted by Gasteiger charge is -2.22. The molecule has 0 fully saturated rings. The molecule has 0 saturated carbocycles. The van der Waals surface area contributed by atoms with Crippen LogP contribution in [0.2, 0.25) is 0 Å². The third-order valence-corrected chi connectivity index (χ3v) is 7.23. The fourth-order valence-electron chi connectivity index (χ4n) is 5.33. The van der Waals surface area contributed by atoms with Crippen molar-refractivity contribution in [2.24, 2.45) is 0 Å². The second-order valence-corrected chi connectivity index (χ2v) is 9.78. The number of hydrogen-bond acceptors (Lipinski definition) is 5. The minimum Gasteiger partial charge on any atom is -0.497 e. The molecule has 1 amide bonds. The summed E-state index contributed by atoms with van der Waals surface area (Å²) in [4.78, 5) is 31.4. The zero-order valence-electron chi connectivity index (χ0n) is 22.1. The van der Waals surface area contributed by atoms with Gasteiger partial charge in [-0.1, -0.05) is 66.7 Å². The minimum atomic E-state index is -0.520. The second kappa shape index (κ2) is 11.0. The van der Waals surface area contributed by atoms with Gasteiger partial charge in [0.05, 0.1) is 23.9 Å². The Kier molecular flexibility index (Phi) is 6.98. The van der Waals surface area contributed by atoms with Gasteiger partial charge >= 0.3 is 5.97 Å². The Balaban J connectivity index is 1.29. The zero-order chi connectivity index (χ0) is 27.5. The first-order valence-corrected chi connectivity index (χ1v) is 13.3. The molecule has 1 aliphatic rings. The van der Waals surface area contributed by atoms with Crippen LogP contribution in [0.15, 0.2) is 91.0 Å². The monoisotopic (exact) mass is 528 g/mol. The lowest BCUT2D eigenvalue weighted by atomic mass is 9.86. The first kappa shape index (κ1) is 25.3. The Labute approximate surface area is 232 Å². The SMILES string of the molecule is COc1ccc(/C=C2\CCCc3c2nc2ccccc2c3C(=O)OCC(=O)Nc2cccc3ccccc23)cc1. The van der Waals surface area contributed by atoms with Gasteiger partial charge < -0.3 is 14.8 Å². The van der Waals surface area contributed by atoms with Gasteiger partial charge in [-0.25, -0.2) is 9.78 Å². The number of fused-ring (bicyclic) bond motifs is 3. The number of amides is 1. The van der Waals surface area contributed by atoms with Crippen LogP contribution >= 0.6 is 0 Å². The maximum Gasteiger partial charge on any atom is 0.339 e. The van der Waals surface area contributed by atoms with Crippen molar-refractivity contribution >= 4 is 50.9 Å². The summed E-state index contributed by atoms with van der Waals surface area (Å²) in [5.74, 6) is -0.115. The van der Waals surface area contributed by atoms with Gasteiger partial charge in [0.1, 0.15) is 5.75 Å². The summed E-state index contributed by atoms with van der Waals surface area (Å²) in [6.45, 7) is -0.387. The predicted octanol–water partition coefficient (Wildman–Crippen LogP) is 7.07. The van der Waals surface area contributed by atoms with Crippen LogP contribution in [0.3, 0.4) is 0 Å². The number of ether oxygens (including phenoxy) is 2. The van der Waals surface area contributed by atoms with Crippen molar-refractivity contribution in [2.45, 2.75) is 19.3 Å². The number of aromatic nitrogens is 1. The lowest BCUT2D eigenvalue weighted by Crippen LogP contribution is -2.22. The number of anilines is 1. The first-order valence-electron chi connectivity index (χ1n) is 13.3. The van der Waals surface area contributed by atoms with Crippen LogP contribution in [0.5, 0.6) is 5.75 Å². The van der Waals surface area contributed by atoms with E-state index in [1.807, 2.05) is 91.0 Å². The number of benzene rings is 4. The topological polar surface area (TPSA) is 77.5 Å². The summed E-state index contributed by atoms with van der Waals surface area (Å²) in [5.41, 5.74) is 5.67. The van der Waals surface area contributed by atoms with E-state index in [0.29, 0.717) is 17.7 Å². The molecule has 6 heteroatoms. The van der Waals surface area contributed by atoms with Crippen molar-refractivity contribution in [1.29, 1.82) is 0 Å². The molecule has 0 unspecified atom stereocenters. The summed E-state index contributed by atoms with van der Waals surface area (Å²) in [6.07, 6.45) is 4.56. The van der Waals surface area contributed by atoms with E-state index in [1.165, 1.54) is 0 Å². The molecule has 0 aliphatic heterocycles. The molecule has 1 aromatic heterocycles. The molecule has 0 saturated heterocycles. The van der Waals surface area contributed by atoms with Crippen LogP contribution in [0.25, 0.3) is 33.3 Å². The third-order valence-electron chi connectivity index (χ3n) is 7.23. The molecule has 6 rings (SSSR count). The maximum atomic E-state index is 13.6. The highest BCUT2D eigenvalue weighted by Gasteiger charge is 2.26. The van der Waals surface area contributed by atoms with E-state index < -0.39 is 11.9 Å². The van der Waals surface area contributed by atoms with Gasteiger partial charge in [0.2, 0.25) is 0 Å². The number of pyridine rings is 1. The Hall–Kier alpha value is -4.97. The van der Waals surface area contributed by atoms with Gasteiger partial charge in [-0.3, -0.25) is 4.79 Å². The van der Waals surface area contributed by atoms with E-state index in [4.69, 9.17) is 14.5 Å². The summed E-state index contributed by atoms with van der Waals surface area (Å²) in [7, 11) is 1.65. The van der Waals surface area contributed by atoms with Crippen LogP contribution in [-0.4, -0.2) is 30.6 Å². The second-order valence-electron chi connectivity index (χ2n) is 9.78. The van der Waals surface area contributed by atoms with Crippen LogP contribution < -0.4 is 10.1 Å². The predicted molar refractivity (Wildman–Crippen MR) is 158 cm³/mol. The third kappa shape index (κ3) is 5.04. The average Bonchev–Trinajstić information content (AvgIpc) is 2.99. The summed E-state index contributed by atoms with van der Waals surface area (Å²) >= 11 is 0. The summed E-state index contributed by atoms with van der Waals surface area (Å²) in [6, 6.07) is 29.0. The van der Waals surface area contributed by atoms with E-state index in [1.54, 1.807) is 7.11 Å². The van der Waals surface area contributed by atoms with E-state index in [-0.39, 0.29) is 6.61 Å². The number of allylic oxidation sites excluding steroid dienone is 1. The standard InChI is InChI=1S/C34H28N2O4/c1-39-25-18-16-22(17-19-25)20-24-10-6-13-28-32(27-12-4-5-14-30(27)36-33(24)28)34(38)40-21-31(37)35-29-15-7-9-23-8-2-3-11-26(23)29/h2-5,7-9,11-12,14-20H,6,10,13,21H2,1H3,(H,35,37)/b24-20+. The number of esters is 1. The molecular formula is C34H28N2O4. The highest BCUT2D eigenvalue weighted by molar-refractivity contribution is 6.08. The van der Waals surface area contributed by atoms with Crippen LogP contribution in [0.1, 0.15) is 40.0 Å². The van der Waals surface area contributed by atoms with Gasteiger partial charge in [-0.2, -0.15) is 0 Å². The Bertz CT molecular complexity index is 1770. The molecule has 0 radical (unpaired) electrons. The normalized spacial score (nSPS) is 13.7. The molecule has 0 atom stereocenters. The molecule has 6 nitrogen and oxygen atoms in total. The molecule has 4 aromatic carbocycles. The van der Waals surface area contributed by atoms with Gasteiger partial charge in [0.25, 0.3) is 5.91 Å². The van der Waals surface area contributed by atoms with E-state index in [9.17, 15) is 9.59 Å². The van der Waals surface area contributed by atoms with Gasteiger partial charge in [-0.05, 0) is 71.7 Å². The number of methoxy groups -OCH3 is 1. The molecule has 40 heavy (non-hydrogen) atoms. The van der Waals surface area contributed by atoms with Gasteiger partial charge in [-0.15, -0.1) is 0 Å². The molecule has 1 N–H and O–H groups in total. The molecule has 0 spiro atoms.